The zero-order valence-electron chi connectivity index (χ0n) is 15.1. The quantitative estimate of drug-likeness (QED) is 0.781. The molecule has 4 rings (SSSR count). The molecule has 1 fully saturated rings. The first-order valence-corrected chi connectivity index (χ1v) is 8.88. The fraction of sp³-hybridized carbons (Fsp3) is 0.190. The van der Waals surface area contributed by atoms with Crippen molar-refractivity contribution in [3.8, 4) is 11.3 Å². The molecule has 2 amide bonds. The molecule has 27 heavy (non-hydrogen) atoms. The number of hydrogen-bond acceptors (Lipinski definition) is 3. The van der Waals surface area contributed by atoms with Crippen LogP contribution in [0.15, 0.2) is 60.8 Å². The van der Waals surface area contributed by atoms with Crippen LogP contribution in [-0.2, 0) is 4.79 Å². The van der Waals surface area contributed by atoms with Gasteiger partial charge in [-0.1, -0.05) is 48.0 Å². The van der Waals surface area contributed by atoms with Crippen LogP contribution in [0.5, 0.6) is 0 Å². The number of carbonyl (C=O) groups is 2. The zero-order valence-corrected chi connectivity index (χ0v) is 15.1. The lowest BCUT2D eigenvalue weighted by atomic mass is 10.1. The molecule has 136 valence electrons. The number of anilines is 1. The van der Waals surface area contributed by atoms with E-state index in [2.05, 4.69) is 10.2 Å². The van der Waals surface area contributed by atoms with Gasteiger partial charge < -0.3 is 9.80 Å². The van der Waals surface area contributed by atoms with Crippen LogP contribution in [0.1, 0.15) is 15.9 Å². The predicted octanol–water partition coefficient (Wildman–Crippen LogP) is 2.87. The Bertz CT molecular complexity index is 963. The maximum absolute atomic E-state index is 13.0. The van der Waals surface area contributed by atoms with E-state index in [4.69, 9.17) is 0 Å². The normalized spacial score (nSPS) is 14.5. The van der Waals surface area contributed by atoms with Gasteiger partial charge in [-0.2, -0.15) is 5.10 Å². The fourth-order valence-electron chi connectivity index (χ4n) is 3.29. The highest BCUT2D eigenvalue weighted by Gasteiger charge is 2.30. The monoisotopic (exact) mass is 360 g/mol. The molecule has 2 heterocycles. The maximum Gasteiger partial charge on any atom is 0.258 e. The van der Waals surface area contributed by atoms with Crippen molar-refractivity contribution in [1.29, 1.82) is 0 Å². The Hall–Kier alpha value is -3.41. The van der Waals surface area contributed by atoms with Gasteiger partial charge >= 0.3 is 0 Å². The van der Waals surface area contributed by atoms with Gasteiger partial charge in [0, 0.05) is 24.3 Å². The molecular weight excluding hydrogens is 340 g/mol. The number of aromatic nitrogens is 2. The summed E-state index contributed by atoms with van der Waals surface area (Å²) in [6.07, 6.45) is 1.53. The number of aryl methyl sites for hydroxylation is 1. The smallest absolute Gasteiger partial charge is 0.258 e. The Morgan fingerprint density at radius 2 is 1.78 bits per heavy atom. The molecule has 0 radical (unpaired) electrons. The molecule has 0 spiro atoms. The molecule has 0 aliphatic carbocycles. The predicted molar refractivity (Wildman–Crippen MR) is 103 cm³/mol. The summed E-state index contributed by atoms with van der Waals surface area (Å²) in [5, 5.41) is 6.94. The number of piperazine rings is 1. The molecule has 0 bridgehead atoms. The van der Waals surface area contributed by atoms with Crippen LogP contribution in [0.4, 0.5) is 5.69 Å². The van der Waals surface area contributed by atoms with Gasteiger partial charge in [0.15, 0.2) is 0 Å². The number of nitrogens with zero attached hydrogens (tertiary/aromatic N) is 3. The number of aromatic amines is 1. The number of benzene rings is 2. The van der Waals surface area contributed by atoms with Crippen LogP contribution >= 0.6 is 0 Å². The average molecular weight is 360 g/mol. The first-order chi connectivity index (χ1) is 13.1. The van der Waals surface area contributed by atoms with E-state index in [1.807, 2.05) is 61.5 Å². The van der Waals surface area contributed by atoms with Crippen LogP contribution in [0, 0.1) is 6.92 Å². The number of carbonyl (C=O) groups excluding carboxylic acids is 2. The number of hydrogen-bond donors (Lipinski definition) is 1. The van der Waals surface area contributed by atoms with E-state index in [1.165, 1.54) is 6.20 Å². The van der Waals surface area contributed by atoms with Crippen LogP contribution in [0.3, 0.4) is 0 Å². The van der Waals surface area contributed by atoms with Gasteiger partial charge in [0.1, 0.15) is 6.54 Å². The number of amides is 2. The van der Waals surface area contributed by atoms with E-state index in [9.17, 15) is 9.59 Å². The van der Waals surface area contributed by atoms with Gasteiger partial charge in [-0.25, -0.2) is 0 Å². The molecule has 6 nitrogen and oxygen atoms in total. The summed E-state index contributed by atoms with van der Waals surface area (Å²) in [5.41, 5.74) is 4.06. The summed E-state index contributed by atoms with van der Waals surface area (Å²) in [5.74, 6) is -0.261. The van der Waals surface area contributed by atoms with E-state index in [0.717, 1.165) is 16.8 Å². The third kappa shape index (κ3) is 3.33. The molecule has 0 saturated carbocycles. The van der Waals surface area contributed by atoms with E-state index in [0.29, 0.717) is 24.3 Å². The average Bonchev–Trinajstić information content (AvgIpc) is 3.19. The van der Waals surface area contributed by atoms with Crippen LogP contribution < -0.4 is 4.90 Å². The lowest BCUT2D eigenvalue weighted by molar-refractivity contribution is -0.120. The molecule has 1 N–H and O–H groups in total. The summed E-state index contributed by atoms with van der Waals surface area (Å²) in [7, 11) is 0. The molecule has 0 unspecified atom stereocenters. The van der Waals surface area contributed by atoms with Crippen LogP contribution in [0.25, 0.3) is 11.3 Å². The largest absolute Gasteiger partial charge is 0.327 e. The minimum atomic E-state index is -0.181. The standard InChI is InChI=1S/C21H20N4O2/c1-15-7-9-17(10-8-15)25-12-11-24(14-19(25)26)21(27)18-13-22-23-20(18)16-5-3-2-4-6-16/h2-10,13H,11-12,14H2,1H3,(H,22,23). The lowest BCUT2D eigenvalue weighted by Gasteiger charge is -2.34. The van der Waals surface area contributed by atoms with Crippen molar-refractivity contribution >= 4 is 17.5 Å². The van der Waals surface area contributed by atoms with Gasteiger partial charge in [0.05, 0.1) is 17.5 Å². The second-order valence-corrected chi connectivity index (χ2v) is 6.63. The molecule has 1 aromatic heterocycles. The molecule has 2 aromatic carbocycles. The van der Waals surface area contributed by atoms with Gasteiger partial charge in [-0.05, 0) is 19.1 Å². The molecule has 3 aromatic rings. The highest BCUT2D eigenvalue weighted by molar-refractivity contribution is 6.04. The Morgan fingerprint density at radius 3 is 2.48 bits per heavy atom. The first kappa shape index (κ1) is 17.0. The molecule has 0 atom stereocenters. The zero-order chi connectivity index (χ0) is 18.8. The van der Waals surface area contributed by atoms with E-state index >= 15 is 0 Å². The van der Waals surface area contributed by atoms with Crippen molar-refractivity contribution in [2.75, 3.05) is 24.5 Å². The molecule has 6 heteroatoms. The summed E-state index contributed by atoms with van der Waals surface area (Å²) in [6, 6.07) is 17.4. The van der Waals surface area contributed by atoms with Crippen molar-refractivity contribution in [2.24, 2.45) is 0 Å². The SMILES string of the molecule is Cc1ccc(N2CCN(C(=O)c3cn[nH]c3-c3ccccc3)CC2=O)cc1. The molecule has 1 aliphatic heterocycles. The summed E-state index contributed by atoms with van der Waals surface area (Å²) in [6.45, 7) is 3.04. The maximum atomic E-state index is 13.0. The van der Waals surface area contributed by atoms with Gasteiger partial charge in [-0.15, -0.1) is 0 Å². The van der Waals surface area contributed by atoms with Crippen molar-refractivity contribution in [3.05, 3.63) is 71.9 Å². The third-order valence-electron chi connectivity index (χ3n) is 4.79. The van der Waals surface area contributed by atoms with Crippen molar-refractivity contribution < 1.29 is 9.59 Å². The van der Waals surface area contributed by atoms with Crippen molar-refractivity contribution in [1.82, 2.24) is 15.1 Å². The van der Waals surface area contributed by atoms with E-state index in [-0.39, 0.29) is 18.4 Å². The Kier molecular flexibility index (Phi) is 4.46. The number of rotatable bonds is 3. The highest BCUT2D eigenvalue weighted by Crippen LogP contribution is 2.24. The van der Waals surface area contributed by atoms with Gasteiger partial charge in [0.2, 0.25) is 5.91 Å². The first-order valence-electron chi connectivity index (χ1n) is 8.88. The topological polar surface area (TPSA) is 69.3 Å². The fourth-order valence-corrected chi connectivity index (χ4v) is 3.29. The summed E-state index contributed by atoms with van der Waals surface area (Å²) in [4.78, 5) is 28.9. The third-order valence-corrected chi connectivity index (χ3v) is 4.79. The molecular formula is C21H20N4O2. The van der Waals surface area contributed by atoms with Gasteiger partial charge in [0.25, 0.3) is 5.91 Å². The Morgan fingerprint density at radius 1 is 1.04 bits per heavy atom. The second-order valence-electron chi connectivity index (χ2n) is 6.63. The molecule has 1 aliphatic rings. The minimum Gasteiger partial charge on any atom is -0.327 e. The van der Waals surface area contributed by atoms with Crippen molar-refractivity contribution in [3.63, 3.8) is 0 Å². The van der Waals surface area contributed by atoms with E-state index in [1.54, 1.807) is 9.80 Å². The Balaban J connectivity index is 1.52. The highest BCUT2D eigenvalue weighted by atomic mass is 16.2. The summed E-state index contributed by atoms with van der Waals surface area (Å²) < 4.78 is 0. The van der Waals surface area contributed by atoms with Crippen LogP contribution in [0.2, 0.25) is 0 Å². The Labute approximate surface area is 157 Å². The number of H-pyrrole nitrogens is 1. The van der Waals surface area contributed by atoms with E-state index < -0.39 is 0 Å². The second kappa shape index (κ2) is 7.07. The van der Waals surface area contributed by atoms with Crippen molar-refractivity contribution in [2.45, 2.75) is 6.92 Å². The lowest BCUT2D eigenvalue weighted by Crippen LogP contribution is -2.52. The van der Waals surface area contributed by atoms with Gasteiger partial charge in [-0.3, -0.25) is 14.7 Å². The van der Waals surface area contributed by atoms with Crippen LogP contribution in [-0.4, -0.2) is 46.5 Å². The minimum absolute atomic E-state index is 0.0616. The summed E-state index contributed by atoms with van der Waals surface area (Å²) >= 11 is 0. The number of nitrogens with one attached hydrogen (secondary N) is 1. The molecule has 1 saturated heterocycles.